The fourth-order valence-electron chi connectivity index (χ4n) is 6.25. The molecule has 1 aliphatic carbocycles. The summed E-state index contributed by atoms with van der Waals surface area (Å²) in [5.41, 5.74) is 8.69. The molecule has 0 radical (unpaired) electrons. The molecule has 2 aliphatic heterocycles. The lowest BCUT2D eigenvalue weighted by Crippen LogP contribution is -2.51. The Labute approximate surface area is 207 Å². The van der Waals surface area contributed by atoms with Crippen LogP contribution >= 0.6 is 0 Å². The topological polar surface area (TPSA) is 38.8 Å². The fourth-order valence-corrected chi connectivity index (χ4v) is 6.25. The standard InChI is InChI=1S/C31H31NO3/c1-20-14-21(18-25(15-20)34-2)22-16-23-8-7-9-24(17-22)32(23)31(33)35-19-30-28-12-5-3-10-26(28)27-11-4-6-13-29(27)30/h3-6,10-16,18,23-24,30H,7-9,17,19H2,1-2H3. The van der Waals surface area contributed by atoms with E-state index in [4.69, 9.17) is 9.47 Å². The van der Waals surface area contributed by atoms with Gasteiger partial charge in [-0.1, -0.05) is 60.7 Å². The maximum atomic E-state index is 13.4. The third kappa shape index (κ3) is 3.91. The van der Waals surface area contributed by atoms with Crippen molar-refractivity contribution in [1.29, 1.82) is 0 Å². The Balaban J connectivity index is 1.22. The van der Waals surface area contributed by atoms with Crippen LogP contribution in [-0.2, 0) is 4.74 Å². The number of carbonyl (C=O) groups is 1. The second kappa shape index (κ2) is 8.92. The van der Waals surface area contributed by atoms with Crippen molar-refractivity contribution in [3.05, 3.63) is 95.1 Å². The molecule has 4 nitrogen and oxygen atoms in total. The average Bonchev–Trinajstić information content (AvgIpc) is 3.19. The second-order valence-electron chi connectivity index (χ2n) is 10.00. The van der Waals surface area contributed by atoms with E-state index in [1.54, 1.807) is 7.11 Å². The molecule has 178 valence electrons. The fraction of sp³-hybridized carbons (Fsp3) is 0.323. The van der Waals surface area contributed by atoms with Crippen LogP contribution in [0.1, 0.15) is 53.9 Å². The highest BCUT2D eigenvalue weighted by atomic mass is 16.6. The number of rotatable bonds is 4. The first-order chi connectivity index (χ1) is 17.1. The summed E-state index contributed by atoms with van der Waals surface area (Å²) >= 11 is 0. The van der Waals surface area contributed by atoms with Crippen molar-refractivity contribution in [2.45, 2.75) is 50.6 Å². The summed E-state index contributed by atoms with van der Waals surface area (Å²) in [4.78, 5) is 15.5. The molecular formula is C31H31NO3. The van der Waals surface area contributed by atoms with E-state index in [2.05, 4.69) is 79.7 Å². The minimum atomic E-state index is -0.182. The molecule has 1 fully saturated rings. The van der Waals surface area contributed by atoms with Crippen LogP contribution in [-0.4, -0.2) is 36.8 Å². The number of benzene rings is 3. The Morgan fingerprint density at radius 2 is 1.69 bits per heavy atom. The first-order valence-corrected chi connectivity index (χ1v) is 12.6. The molecular weight excluding hydrogens is 434 g/mol. The highest BCUT2D eigenvalue weighted by Crippen LogP contribution is 2.45. The molecule has 2 atom stereocenters. The lowest BCUT2D eigenvalue weighted by molar-refractivity contribution is 0.0539. The van der Waals surface area contributed by atoms with Crippen LogP contribution < -0.4 is 4.74 Å². The minimum absolute atomic E-state index is 0.0830. The summed E-state index contributed by atoms with van der Waals surface area (Å²) in [6.07, 6.45) is 6.09. The zero-order chi connectivity index (χ0) is 23.9. The van der Waals surface area contributed by atoms with Gasteiger partial charge in [0.2, 0.25) is 0 Å². The van der Waals surface area contributed by atoms with Crippen LogP contribution in [0.25, 0.3) is 16.7 Å². The van der Waals surface area contributed by atoms with Gasteiger partial charge in [0.15, 0.2) is 0 Å². The first kappa shape index (κ1) is 22.0. The molecule has 0 N–H and O–H groups in total. The molecule has 3 aromatic rings. The Hall–Kier alpha value is -3.53. The van der Waals surface area contributed by atoms with Crippen molar-refractivity contribution in [3.63, 3.8) is 0 Å². The van der Waals surface area contributed by atoms with Crippen LogP contribution in [0.5, 0.6) is 5.75 Å². The molecule has 4 heteroatoms. The molecule has 1 saturated heterocycles. The van der Waals surface area contributed by atoms with E-state index < -0.39 is 0 Å². The van der Waals surface area contributed by atoms with Crippen LogP contribution in [0, 0.1) is 6.92 Å². The van der Waals surface area contributed by atoms with Gasteiger partial charge in [-0.05, 0) is 83.7 Å². The summed E-state index contributed by atoms with van der Waals surface area (Å²) in [5, 5.41) is 0. The number of methoxy groups -OCH3 is 1. The summed E-state index contributed by atoms with van der Waals surface area (Å²) in [5.74, 6) is 0.965. The Morgan fingerprint density at radius 3 is 2.37 bits per heavy atom. The monoisotopic (exact) mass is 465 g/mol. The molecule has 35 heavy (non-hydrogen) atoms. The normalized spacial score (nSPS) is 20.6. The van der Waals surface area contributed by atoms with Gasteiger partial charge < -0.3 is 9.47 Å². The van der Waals surface area contributed by atoms with E-state index in [0.717, 1.165) is 31.4 Å². The number of fused-ring (bicyclic) bond motifs is 5. The van der Waals surface area contributed by atoms with Gasteiger partial charge in [0.05, 0.1) is 13.2 Å². The summed E-state index contributed by atoms with van der Waals surface area (Å²) in [6.45, 7) is 2.47. The van der Waals surface area contributed by atoms with Gasteiger partial charge in [-0.2, -0.15) is 0 Å². The lowest BCUT2D eigenvalue weighted by atomic mass is 9.83. The largest absolute Gasteiger partial charge is 0.497 e. The van der Waals surface area contributed by atoms with Crippen molar-refractivity contribution in [2.24, 2.45) is 0 Å². The third-order valence-corrected chi connectivity index (χ3v) is 7.84. The maximum absolute atomic E-state index is 13.4. The summed E-state index contributed by atoms with van der Waals surface area (Å²) in [6, 6.07) is 23.6. The summed E-state index contributed by atoms with van der Waals surface area (Å²) in [7, 11) is 1.71. The maximum Gasteiger partial charge on any atom is 0.410 e. The summed E-state index contributed by atoms with van der Waals surface area (Å²) < 4.78 is 11.5. The molecule has 6 rings (SSSR count). The molecule has 2 bridgehead atoms. The van der Waals surface area contributed by atoms with Crippen molar-refractivity contribution in [2.75, 3.05) is 13.7 Å². The smallest absolute Gasteiger partial charge is 0.410 e. The number of piperidine rings is 1. The third-order valence-electron chi connectivity index (χ3n) is 7.84. The van der Waals surface area contributed by atoms with Crippen LogP contribution in [0.2, 0.25) is 0 Å². The van der Waals surface area contributed by atoms with Gasteiger partial charge in [0.1, 0.15) is 12.4 Å². The van der Waals surface area contributed by atoms with Gasteiger partial charge in [0.25, 0.3) is 0 Å². The van der Waals surface area contributed by atoms with E-state index in [1.807, 2.05) is 4.90 Å². The Morgan fingerprint density at radius 1 is 0.971 bits per heavy atom. The molecule has 0 spiro atoms. The van der Waals surface area contributed by atoms with E-state index >= 15 is 0 Å². The number of carbonyl (C=O) groups excluding carboxylic acids is 1. The number of aryl methyl sites for hydroxylation is 1. The van der Waals surface area contributed by atoms with Gasteiger partial charge >= 0.3 is 6.09 Å². The van der Waals surface area contributed by atoms with E-state index in [0.29, 0.717) is 6.61 Å². The quantitative estimate of drug-likeness (QED) is 0.418. The molecule has 2 heterocycles. The lowest BCUT2D eigenvalue weighted by Gasteiger charge is -2.44. The van der Waals surface area contributed by atoms with Crippen LogP contribution in [0.3, 0.4) is 0 Å². The van der Waals surface area contributed by atoms with E-state index in [9.17, 15) is 4.79 Å². The Kier molecular flexibility index (Phi) is 5.60. The molecule has 3 aromatic carbocycles. The van der Waals surface area contributed by atoms with Gasteiger partial charge in [-0.3, -0.25) is 4.90 Å². The number of hydrogen-bond acceptors (Lipinski definition) is 3. The van der Waals surface area contributed by atoms with Crippen molar-refractivity contribution >= 4 is 11.7 Å². The average molecular weight is 466 g/mol. The Bertz CT molecular complexity index is 1260. The van der Waals surface area contributed by atoms with Gasteiger partial charge in [-0.15, -0.1) is 0 Å². The van der Waals surface area contributed by atoms with Crippen LogP contribution in [0.15, 0.2) is 72.8 Å². The highest BCUT2D eigenvalue weighted by Gasteiger charge is 2.39. The van der Waals surface area contributed by atoms with Crippen LogP contribution in [0.4, 0.5) is 4.79 Å². The molecule has 2 unspecified atom stereocenters. The number of hydrogen-bond donors (Lipinski definition) is 0. The molecule has 3 aliphatic rings. The van der Waals surface area contributed by atoms with Gasteiger partial charge in [0, 0.05) is 12.0 Å². The van der Waals surface area contributed by atoms with Gasteiger partial charge in [-0.25, -0.2) is 4.79 Å². The molecule has 0 aromatic heterocycles. The zero-order valence-electron chi connectivity index (χ0n) is 20.4. The van der Waals surface area contributed by atoms with E-state index in [-0.39, 0.29) is 24.1 Å². The predicted octanol–water partition coefficient (Wildman–Crippen LogP) is 6.96. The molecule has 0 saturated carbocycles. The van der Waals surface area contributed by atoms with Crippen molar-refractivity contribution in [3.8, 4) is 16.9 Å². The first-order valence-electron chi connectivity index (χ1n) is 12.6. The van der Waals surface area contributed by atoms with Crippen molar-refractivity contribution in [1.82, 2.24) is 4.90 Å². The number of ether oxygens (including phenoxy) is 2. The predicted molar refractivity (Wildman–Crippen MR) is 139 cm³/mol. The number of nitrogens with zero attached hydrogens (tertiary/aromatic N) is 1. The van der Waals surface area contributed by atoms with Crippen molar-refractivity contribution < 1.29 is 14.3 Å². The minimum Gasteiger partial charge on any atom is -0.497 e. The molecule has 1 amide bonds. The second-order valence-corrected chi connectivity index (χ2v) is 10.00. The van der Waals surface area contributed by atoms with E-state index in [1.165, 1.54) is 39.0 Å². The SMILES string of the molecule is COc1cc(C)cc(C2=CC3CCCC(C2)N3C(=O)OCC2c3ccccc3-c3ccccc32)c1. The highest BCUT2D eigenvalue weighted by molar-refractivity contribution is 5.79. The number of amides is 1. The zero-order valence-corrected chi connectivity index (χ0v) is 20.4.